The van der Waals surface area contributed by atoms with Gasteiger partial charge in [-0.25, -0.2) is 0 Å². The van der Waals surface area contributed by atoms with Crippen molar-refractivity contribution in [2.75, 3.05) is 10.6 Å². The Bertz CT molecular complexity index is 853. The Labute approximate surface area is 175 Å². The van der Waals surface area contributed by atoms with E-state index >= 15 is 0 Å². The maximum Gasteiger partial charge on any atom is 0.248 e. The second-order valence-corrected chi connectivity index (χ2v) is 7.90. The van der Waals surface area contributed by atoms with E-state index in [1.54, 1.807) is 24.3 Å². The summed E-state index contributed by atoms with van der Waals surface area (Å²) in [6.45, 7) is 4.00. The molecule has 0 spiro atoms. The van der Waals surface area contributed by atoms with Crippen LogP contribution in [0.2, 0.25) is 0 Å². The Balaban J connectivity index is 1.99. The van der Waals surface area contributed by atoms with Crippen LogP contribution in [0, 0.1) is 0 Å². The third-order valence-corrected chi connectivity index (χ3v) is 5.61. The van der Waals surface area contributed by atoms with Gasteiger partial charge in [-0.3, -0.25) is 14.4 Å². The molecular formula is C22H27N3O3S. The SMILES string of the molecule is CCCCC(=O)Nc1cccc(SC(CC)C(=O)Nc2ccc(C(N)=O)cc2)c1. The first-order chi connectivity index (χ1) is 13.9. The van der Waals surface area contributed by atoms with Crippen molar-refractivity contribution in [3.05, 3.63) is 54.1 Å². The Morgan fingerprint density at radius 2 is 1.72 bits per heavy atom. The fraction of sp³-hybridized carbons (Fsp3) is 0.318. The van der Waals surface area contributed by atoms with Crippen molar-refractivity contribution in [3.8, 4) is 0 Å². The predicted molar refractivity (Wildman–Crippen MR) is 118 cm³/mol. The molecule has 1 unspecified atom stereocenters. The zero-order valence-corrected chi connectivity index (χ0v) is 17.6. The summed E-state index contributed by atoms with van der Waals surface area (Å²) < 4.78 is 0. The van der Waals surface area contributed by atoms with E-state index in [0.717, 1.165) is 23.4 Å². The lowest BCUT2D eigenvalue weighted by molar-refractivity contribution is -0.116. The predicted octanol–water partition coefficient (Wildman–Crippen LogP) is 4.42. The Kier molecular flexibility index (Phi) is 8.73. The molecule has 2 rings (SSSR count). The smallest absolute Gasteiger partial charge is 0.248 e. The Morgan fingerprint density at radius 3 is 2.34 bits per heavy atom. The first-order valence-corrected chi connectivity index (χ1v) is 10.6. The molecule has 0 saturated carbocycles. The number of unbranched alkanes of at least 4 members (excludes halogenated alkanes) is 1. The molecule has 1 atom stereocenters. The van der Waals surface area contributed by atoms with Crippen LogP contribution in [-0.2, 0) is 9.59 Å². The van der Waals surface area contributed by atoms with Gasteiger partial charge in [0.25, 0.3) is 0 Å². The van der Waals surface area contributed by atoms with E-state index in [9.17, 15) is 14.4 Å². The summed E-state index contributed by atoms with van der Waals surface area (Å²) in [5, 5.41) is 5.47. The molecule has 6 nitrogen and oxygen atoms in total. The van der Waals surface area contributed by atoms with Crippen LogP contribution in [0.4, 0.5) is 11.4 Å². The number of benzene rings is 2. The first kappa shape index (κ1) is 22.5. The van der Waals surface area contributed by atoms with Crippen molar-refractivity contribution in [3.63, 3.8) is 0 Å². The molecule has 29 heavy (non-hydrogen) atoms. The number of anilines is 2. The van der Waals surface area contributed by atoms with Gasteiger partial charge in [0, 0.05) is 28.3 Å². The summed E-state index contributed by atoms with van der Waals surface area (Å²) in [6, 6.07) is 14.0. The lowest BCUT2D eigenvalue weighted by Gasteiger charge is -2.15. The summed E-state index contributed by atoms with van der Waals surface area (Å²) in [7, 11) is 0. The number of rotatable bonds is 10. The lowest BCUT2D eigenvalue weighted by atomic mass is 10.2. The molecule has 2 aromatic rings. The minimum absolute atomic E-state index is 0.00167. The van der Waals surface area contributed by atoms with E-state index in [-0.39, 0.29) is 17.1 Å². The summed E-state index contributed by atoms with van der Waals surface area (Å²) in [5.74, 6) is -0.633. The number of thioether (sulfide) groups is 1. The van der Waals surface area contributed by atoms with Gasteiger partial charge >= 0.3 is 0 Å². The fourth-order valence-electron chi connectivity index (χ4n) is 2.64. The molecule has 0 bridgehead atoms. The van der Waals surface area contributed by atoms with E-state index in [0.29, 0.717) is 24.1 Å². The Morgan fingerprint density at radius 1 is 1.00 bits per heavy atom. The lowest BCUT2D eigenvalue weighted by Crippen LogP contribution is -2.24. The number of carbonyl (C=O) groups excluding carboxylic acids is 3. The normalized spacial score (nSPS) is 11.5. The molecule has 7 heteroatoms. The largest absolute Gasteiger partial charge is 0.366 e. The van der Waals surface area contributed by atoms with Crippen LogP contribution in [0.1, 0.15) is 49.9 Å². The highest BCUT2D eigenvalue weighted by atomic mass is 32.2. The number of amides is 3. The molecule has 0 heterocycles. The van der Waals surface area contributed by atoms with Crippen molar-refractivity contribution in [1.82, 2.24) is 0 Å². The molecule has 4 N–H and O–H groups in total. The van der Waals surface area contributed by atoms with E-state index in [4.69, 9.17) is 5.73 Å². The second-order valence-electron chi connectivity index (χ2n) is 6.63. The van der Waals surface area contributed by atoms with Crippen molar-refractivity contribution in [2.24, 2.45) is 5.73 Å². The molecule has 0 aliphatic heterocycles. The van der Waals surface area contributed by atoms with Gasteiger partial charge in [-0.15, -0.1) is 11.8 Å². The van der Waals surface area contributed by atoms with E-state index < -0.39 is 5.91 Å². The van der Waals surface area contributed by atoms with Crippen LogP contribution in [0.15, 0.2) is 53.4 Å². The fourth-order valence-corrected chi connectivity index (χ4v) is 3.65. The van der Waals surface area contributed by atoms with Gasteiger partial charge in [0.2, 0.25) is 17.7 Å². The summed E-state index contributed by atoms with van der Waals surface area (Å²) in [6.07, 6.45) is 2.98. The topological polar surface area (TPSA) is 101 Å². The van der Waals surface area contributed by atoms with Gasteiger partial charge in [0.1, 0.15) is 0 Å². The van der Waals surface area contributed by atoms with Gasteiger partial charge in [-0.2, -0.15) is 0 Å². The number of hydrogen-bond donors (Lipinski definition) is 3. The summed E-state index contributed by atoms with van der Waals surface area (Å²) >= 11 is 1.45. The average Bonchev–Trinajstić information content (AvgIpc) is 2.71. The Hall–Kier alpha value is -2.80. The van der Waals surface area contributed by atoms with Gasteiger partial charge in [0.05, 0.1) is 5.25 Å². The van der Waals surface area contributed by atoms with E-state index in [1.807, 2.05) is 38.1 Å². The van der Waals surface area contributed by atoms with E-state index in [2.05, 4.69) is 10.6 Å². The molecule has 0 aliphatic carbocycles. The first-order valence-electron chi connectivity index (χ1n) is 9.70. The minimum atomic E-state index is -0.508. The molecule has 0 radical (unpaired) electrons. The van der Waals surface area contributed by atoms with Crippen LogP contribution in [-0.4, -0.2) is 23.0 Å². The highest BCUT2D eigenvalue weighted by molar-refractivity contribution is 8.00. The maximum absolute atomic E-state index is 12.7. The summed E-state index contributed by atoms with van der Waals surface area (Å²) in [5.41, 5.74) is 6.96. The molecule has 3 amide bonds. The zero-order chi connectivity index (χ0) is 21.2. The standard InChI is InChI=1S/C22H27N3O3S/c1-3-5-9-20(26)24-17-7-6-8-18(14-17)29-19(4-2)22(28)25-16-12-10-15(11-13-16)21(23)27/h6-8,10-14,19H,3-5,9H2,1-2H3,(H2,23,27)(H,24,26)(H,25,28). The third-order valence-electron chi connectivity index (χ3n) is 4.25. The molecular weight excluding hydrogens is 386 g/mol. The van der Waals surface area contributed by atoms with Crippen molar-refractivity contribution in [1.29, 1.82) is 0 Å². The molecule has 0 saturated heterocycles. The van der Waals surface area contributed by atoms with Crippen LogP contribution in [0.5, 0.6) is 0 Å². The number of nitrogens with one attached hydrogen (secondary N) is 2. The number of nitrogens with two attached hydrogens (primary N) is 1. The number of carbonyl (C=O) groups is 3. The highest BCUT2D eigenvalue weighted by Crippen LogP contribution is 2.28. The van der Waals surface area contributed by atoms with Gasteiger partial charge in [-0.05, 0) is 55.3 Å². The molecule has 0 aliphatic rings. The molecule has 2 aromatic carbocycles. The number of primary amides is 1. The van der Waals surface area contributed by atoms with Crippen molar-refractivity contribution < 1.29 is 14.4 Å². The van der Waals surface area contributed by atoms with Gasteiger partial charge < -0.3 is 16.4 Å². The van der Waals surface area contributed by atoms with Crippen LogP contribution < -0.4 is 16.4 Å². The van der Waals surface area contributed by atoms with Crippen LogP contribution >= 0.6 is 11.8 Å². The quantitative estimate of drug-likeness (QED) is 0.502. The van der Waals surface area contributed by atoms with Crippen LogP contribution in [0.25, 0.3) is 0 Å². The van der Waals surface area contributed by atoms with Crippen molar-refractivity contribution >= 4 is 40.9 Å². The molecule has 154 valence electrons. The van der Waals surface area contributed by atoms with Gasteiger partial charge in [-0.1, -0.05) is 26.3 Å². The van der Waals surface area contributed by atoms with E-state index in [1.165, 1.54) is 11.8 Å². The van der Waals surface area contributed by atoms with Crippen molar-refractivity contribution in [2.45, 2.75) is 49.7 Å². The van der Waals surface area contributed by atoms with Crippen LogP contribution in [0.3, 0.4) is 0 Å². The second kappa shape index (κ2) is 11.3. The summed E-state index contributed by atoms with van der Waals surface area (Å²) in [4.78, 5) is 36.6. The highest BCUT2D eigenvalue weighted by Gasteiger charge is 2.18. The number of hydrogen-bond acceptors (Lipinski definition) is 4. The molecule has 0 fully saturated rings. The minimum Gasteiger partial charge on any atom is -0.366 e. The molecule has 0 aromatic heterocycles. The third kappa shape index (κ3) is 7.27. The van der Waals surface area contributed by atoms with Gasteiger partial charge in [0.15, 0.2) is 0 Å². The monoisotopic (exact) mass is 413 g/mol. The zero-order valence-electron chi connectivity index (χ0n) is 16.7. The maximum atomic E-state index is 12.7. The average molecular weight is 414 g/mol.